The number of carbonyl (C=O) groups is 1. The minimum Gasteiger partial charge on any atom is -0.355 e. The number of carbonyl (C=O) groups excluding carboxylic acids is 1. The fourth-order valence-electron chi connectivity index (χ4n) is 1.51. The van der Waals surface area contributed by atoms with Crippen LogP contribution in [0.15, 0.2) is 0 Å². The molecule has 0 aromatic carbocycles. The first-order valence-electron chi connectivity index (χ1n) is 4.06. The van der Waals surface area contributed by atoms with Crippen LogP contribution in [0.25, 0.3) is 0 Å². The van der Waals surface area contributed by atoms with E-state index in [1.807, 2.05) is 7.05 Å². The third-order valence-corrected chi connectivity index (χ3v) is 2.62. The van der Waals surface area contributed by atoms with Crippen LogP contribution in [-0.2, 0) is 11.8 Å². The highest BCUT2D eigenvalue weighted by Crippen LogP contribution is 2.20. The number of nitrogens with one attached hydrogen (secondary N) is 2. The summed E-state index contributed by atoms with van der Waals surface area (Å²) in [4.78, 5) is 11.0. The van der Waals surface area contributed by atoms with Gasteiger partial charge in [0.2, 0.25) is 5.91 Å². The molecule has 1 aromatic heterocycles. The minimum absolute atomic E-state index is 0.0823. The Morgan fingerprint density at radius 2 is 2.46 bits per heavy atom. The van der Waals surface area contributed by atoms with Crippen molar-refractivity contribution in [3.63, 3.8) is 0 Å². The van der Waals surface area contributed by atoms with Crippen molar-refractivity contribution in [2.45, 2.75) is 12.3 Å². The molecule has 1 saturated heterocycles. The highest BCUT2D eigenvalue weighted by atomic mass is 32.1. The van der Waals surface area contributed by atoms with Gasteiger partial charge in [0.15, 0.2) is 4.77 Å². The maximum atomic E-state index is 11.0. The van der Waals surface area contributed by atoms with Crippen LogP contribution in [0.1, 0.15) is 18.2 Å². The molecule has 1 amide bonds. The van der Waals surface area contributed by atoms with E-state index in [4.69, 9.17) is 12.2 Å². The van der Waals surface area contributed by atoms with Gasteiger partial charge in [-0.25, -0.2) is 0 Å². The second-order valence-corrected chi connectivity index (χ2v) is 3.54. The Balaban J connectivity index is 2.31. The summed E-state index contributed by atoms with van der Waals surface area (Å²) in [6.45, 7) is 0.659. The summed E-state index contributed by atoms with van der Waals surface area (Å²) >= 11 is 4.98. The minimum atomic E-state index is 0.0823. The Hall–Kier alpha value is -1.17. The Labute approximate surface area is 80.1 Å². The molecule has 0 saturated carbocycles. The van der Waals surface area contributed by atoms with Crippen molar-refractivity contribution in [2.75, 3.05) is 6.54 Å². The van der Waals surface area contributed by atoms with Crippen molar-refractivity contribution in [1.29, 1.82) is 0 Å². The van der Waals surface area contributed by atoms with Gasteiger partial charge in [0.05, 0.1) is 0 Å². The van der Waals surface area contributed by atoms with Gasteiger partial charge in [0, 0.05) is 25.9 Å². The molecule has 0 bridgehead atoms. The average molecular weight is 198 g/mol. The first-order valence-corrected chi connectivity index (χ1v) is 4.47. The van der Waals surface area contributed by atoms with Crippen LogP contribution < -0.4 is 5.32 Å². The first kappa shape index (κ1) is 8.43. The predicted molar refractivity (Wildman–Crippen MR) is 48.8 cm³/mol. The normalized spacial score (nSPS) is 21.9. The molecule has 13 heavy (non-hydrogen) atoms. The number of aromatic amines is 1. The van der Waals surface area contributed by atoms with Crippen LogP contribution in [0.3, 0.4) is 0 Å². The first-order chi connectivity index (χ1) is 6.18. The van der Waals surface area contributed by atoms with Gasteiger partial charge in [-0.05, 0) is 12.2 Å². The van der Waals surface area contributed by atoms with Crippen molar-refractivity contribution in [2.24, 2.45) is 7.05 Å². The number of H-pyrrole nitrogens is 1. The number of rotatable bonds is 1. The highest BCUT2D eigenvalue weighted by molar-refractivity contribution is 7.71. The summed E-state index contributed by atoms with van der Waals surface area (Å²) in [5.41, 5.74) is 0. The van der Waals surface area contributed by atoms with Gasteiger partial charge < -0.3 is 9.88 Å². The lowest BCUT2D eigenvalue weighted by Crippen LogP contribution is -2.14. The van der Waals surface area contributed by atoms with E-state index >= 15 is 0 Å². The summed E-state index contributed by atoms with van der Waals surface area (Å²) in [6.07, 6.45) is 0.507. The summed E-state index contributed by atoms with van der Waals surface area (Å²) in [6, 6.07) is 0. The van der Waals surface area contributed by atoms with Crippen molar-refractivity contribution in [3.8, 4) is 0 Å². The molecule has 0 spiro atoms. The van der Waals surface area contributed by atoms with E-state index in [1.165, 1.54) is 0 Å². The van der Waals surface area contributed by atoms with Crippen molar-refractivity contribution >= 4 is 18.1 Å². The fraction of sp³-hybridized carbons (Fsp3) is 0.571. The van der Waals surface area contributed by atoms with E-state index < -0.39 is 0 Å². The standard InChI is InChI=1S/C7H10N4OS/c1-11-6(9-10-7(11)13)4-2-5(12)8-3-4/h4H,2-3H2,1H3,(H,8,12)(H,10,13). The largest absolute Gasteiger partial charge is 0.355 e. The van der Waals surface area contributed by atoms with E-state index in [0.717, 1.165) is 5.82 Å². The quantitative estimate of drug-likeness (QED) is 0.628. The molecule has 2 rings (SSSR count). The number of hydrogen-bond donors (Lipinski definition) is 2. The maximum Gasteiger partial charge on any atom is 0.220 e. The second kappa shape index (κ2) is 2.95. The molecular weight excluding hydrogens is 188 g/mol. The van der Waals surface area contributed by atoms with E-state index in [1.54, 1.807) is 4.57 Å². The van der Waals surface area contributed by atoms with Gasteiger partial charge in [0.25, 0.3) is 0 Å². The molecule has 1 aromatic rings. The Morgan fingerprint density at radius 1 is 1.69 bits per heavy atom. The molecule has 6 heteroatoms. The van der Waals surface area contributed by atoms with Crippen LogP contribution in [-0.4, -0.2) is 27.2 Å². The molecule has 5 nitrogen and oxygen atoms in total. The van der Waals surface area contributed by atoms with Gasteiger partial charge in [-0.2, -0.15) is 5.10 Å². The smallest absolute Gasteiger partial charge is 0.220 e. The lowest BCUT2D eigenvalue weighted by Gasteiger charge is -2.04. The molecule has 1 aliphatic heterocycles. The summed E-state index contributed by atoms with van der Waals surface area (Å²) in [5, 5.41) is 9.56. The van der Waals surface area contributed by atoms with Gasteiger partial charge >= 0.3 is 0 Å². The van der Waals surface area contributed by atoms with Crippen LogP contribution in [0, 0.1) is 4.77 Å². The van der Waals surface area contributed by atoms with E-state index in [-0.39, 0.29) is 11.8 Å². The third kappa shape index (κ3) is 1.37. The average Bonchev–Trinajstić information content (AvgIpc) is 2.62. The topological polar surface area (TPSA) is 62.7 Å². The molecule has 2 heterocycles. The molecule has 0 radical (unpaired) electrons. The van der Waals surface area contributed by atoms with Crippen LogP contribution in [0.5, 0.6) is 0 Å². The Kier molecular flexibility index (Phi) is 1.91. The maximum absolute atomic E-state index is 11.0. The zero-order chi connectivity index (χ0) is 9.42. The number of aromatic nitrogens is 3. The molecule has 1 fully saturated rings. The van der Waals surface area contributed by atoms with Crippen LogP contribution >= 0.6 is 12.2 Å². The summed E-state index contributed by atoms with van der Waals surface area (Å²) in [7, 11) is 1.85. The van der Waals surface area contributed by atoms with Gasteiger partial charge in [-0.15, -0.1) is 0 Å². The van der Waals surface area contributed by atoms with Gasteiger partial charge in [-0.1, -0.05) is 0 Å². The fourth-order valence-corrected chi connectivity index (χ4v) is 1.65. The number of hydrogen-bond acceptors (Lipinski definition) is 3. The number of nitrogens with zero attached hydrogens (tertiary/aromatic N) is 2. The van der Waals surface area contributed by atoms with Crippen LogP contribution in [0.4, 0.5) is 0 Å². The number of amides is 1. The highest BCUT2D eigenvalue weighted by Gasteiger charge is 2.26. The molecule has 1 atom stereocenters. The zero-order valence-electron chi connectivity index (χ0n) is 7.20. The van der Waals surface area contributed by atoms with Crippen molar-refractivity contribution in [1.82, 2.24) is 20.1 Å². The van der Waals surface area contributed by atoms with Crippen molar-refractivity contribution in [3.05, 3.63) is 10.6 Å². The zero-order valence-corrected chi connectivity index (χ0v) is 8.02. The van der Waals surface area contributed by atoms with Crippen LogP contribution in [0.2, 0.25) is 0 Å². The molecule has 1 unspecified atom stereocenters. The monoisotopic (exact) mass is 198 g/mol. The van der Waals surface area contributed by atoms with E-state index in [0.29, 0.717) is 17.7 Å². The van der Waals surface area contributed by atoms with E-state index in [9.17, 15) is 4.79 Å². The third-order valence-electron chi connectivity index (χ3n) is 2.26. The van der Waals surface area contributed by atoms with Crippen molar-refractivity contribution < 1.29 is 4.79 Å². The van der Waals surface area contributed by atoms with E-state index in [2.05, 4.69) is 15.5 Å². The molecule has 2 N–H and O–H groups in total. The van der Waals surface area contributed by atoms with Gasteiger partial charge in [0.1, 0.15) is 5.82 Å². The van der Waals surface area contributed by atoms with Gasteiger partial charge in [-0.3, -0.25) is 9.89 Å². The molecule has 70 valence electrons. The molecular formula is C7H10N4OS. The molecule has 1 aliphatic rings. The lowest BCUT2D eigenvalue weighted by atomic mass is 10.1. The summed E-state index contributed by atoms with van der Waals surface area (Å²) < 4.78 is 2.40. The summed E-state index contributed by atoms with van der Waals surface area (Å²) in [5.74, 6) is 1.09. The molecule has 0 aliphatic carbocycles. The predicted octanol–water partition coefficient (Wildman–Crippen LogP) is 0.0812. The second-order valence-electron chi connectivity index (χ2n) is 3.15. The SMILES string of the molecule is Cn1c(C2CNC(=O)C2)n[nH]c1=S. The Morgan fingerprint density at radius 3 is 2.92 bits per heavy atom. The Bertz CT molecular complexity index is 393. The lowest BCUT2D eigenvalue weighted by molar-refractivity contribution is -0.119.